The summed E-state index contributed by atoms with van der Waals surface area (Å²) in [6.07, 6.45) is 10.2. The normalized spacial score (nSPS) is 12.6. The van der Waals surface area contributed by atoms with Crippen molar-refractivity contribution < 1.29 is 14.2 Å². The van der Waals surface area contributed by atoms with Crippen molar-refractivity contribution in [1.29, 1.82) is 0 Å². The van der Waals surface area contributed by atoms with Gasteiger partial charge in [-0.2, -0.15) is 9.67 Å². The number of benzene rings is 1. The van der Waals surface area contributed by atoms with E-state index in [4.69, 9.17) is 30.9 Å². The molecule has 2 aromatic heterocycles. The van der Waals surface area contributed by atoms with Gasteiger partial charge in [-0.1, -0.05) is 23.6 Å². The van der Waals surface area contributed by atoms with Gasteiger partial charge < -0.3 is 10.6 Å². The minimum atomic E-state index is -0.253. The number of fused-ring (bicyclic) bond motifs is 2. The van der Waals surface area contributed by atoms with Gasteiger partial charge in [0.1, 0.15) is 0 Å². The molecule has 7 nitrogen and oxygen atoms in total. The number of aromatic nitrogens is 3. The summed E-state index contributed by atoms with van der Waals surface area (Å²) in [6, 6.07) is 8.04. The lowest BCUT2D eigenvalue weighted by Crippen LogP contribution is -2.41. The van der Waals surface area contributed by atoms with Crippen LogP contribution in [0.4, 0.5) is 5.69 Å². The Kier molecular flexibility index (Phi) is 7.77. The molecule has 34 heavy (non-hydrogen) atoms. The van der Waals surface area contributed by atoms with Gasteiger partial charge in [0.15, 0.2) is 14.7 Å². The summed E-state index contributed by atoms with van der Waals surface area (Å²) in [6.45, 7) is 0.706. The average Bonchev–Trinajstić information content (AvgIpc) is 3.27. The van der Waals surface area contributed by atoms with Crippen LogP contribution in [0.3, 0.4) is 0 Å². The Hall–Kier alpha value is -3.00. The number of hydrogen-bond acceptors (Lipinski definition) is 6. The highest BCUT2D eigenvalue weighted by Crippen LogP contribution is 2.25. The van der Waals surface area contributed by atoms with Gasteiger partial charge in [-0.25, -0.2) is 0 Å². The third-order valence-corrected chi connectivity index (χ3v) is 7.31. The highest BCUT2D eigenvalue weighted by molar-refractivity contribution is 7.81. The van der Waals surface area contributed by atoms with E-state index >= 15 is 0 Å². The summed E-state index contributed by atoms with van der Waals surface area (Å²) in [4.78, 5) is 25.1. The molecular weight excluding hydrogens is 486 g/mol. The minimum absolute atomic E-state index is 0.0635. The highest BCUT2D eigenvalue weighted by atomic mass is 32.1. The Bertz CT molecular complexity index is 1370. The molecule has 3 N–H and O–H groups in total. The first-order valence-electron chi connectivity index (χ1n) is 11.0. The molecule has 3 aromatic rings. The third kappa shape index (κ3) is 5.73. The number of carbonyl (C=O) groups is 2. The fourth-order valence-corrected chi connectivity index (χ4v) is 5.19. The number of terminal acetylenes is 1. The lowest BCUT2D eigenvalue weighted by Gasteiger charge is -2.16. The van der Waals surface area contributed by atoms with Gasteiger partial charge in [0.25, 0.3) is 0 Å². The lowest BCUT2D eigenvalue weighted by molar-refractivity contribution is -0.667. The molecule has 2 heterocycles. The second kappa shape index (κ2) is 11.0. The van der Waals surface area contributed by atoms with Crippen molar-refractivity contribution in [2.24, 2.45) is 0 Å². The summed E-state index contributed by atoms with van der Waals surface area (Å²) >= 11 is 11.5. The number of aromatic amines is 1. The molecule has 0 aliphatic heterocycles. The van der Waals surface area contributed by atoms with Gasteiger partial charge in [-0.05, 0) is 55.6 Å². The summed E-state index contributed by atoms with van der Waals surface area (Å²) in [5.41, 5.74) is 4.40. The zero-order chi connectivity index (χ0) is 24.1. The standard InChI is InChI=1S/C24H23N5O2S3/c1-2-11-29-18-6-4-3-5-15(18)12-16-13-17(7-8-19(16)29)26-22(31)10-9-21(30)25-14-20(32)23-27-28-24(33)34-23/h1,7-8,12-13H,3-6,9-11,14H2,(H2-,25,26,28,30,31,32,33)/p+1. The Morgan fingerprint density at radius 1 is 1.21 bits per heavy atom. The number of pyridine rings is 1. The number of aryl methyl sites for hydroxylation is 1. The number of hydrogen-bond donors (Lipinski definition) is 3. The molecule has 10 heteroatoms. The number of anilines is 1. The van der Waals surface area contributed by atoms with Gasteiger partial charge in [-0.15, -0.1) is 6.42 Å². The van der Waals surface area contributed by atoms with E-state index in [0.29, 0.717) is 26.1 Å². The van der Waals surface area contributed by atoms with Crippen molar-refractivity contribution in [2.45, 2.75) is 45.1 Å². The number of thiocarbonyl (C=S) groups is 1. The van der Waals surface area contributed by atoms with Crippen molar-refractivity contribution >= 4 is 69.0 Å². The smallest absolute Gasteiger partial charge is 0.224 e. The van der Waals surface area contributed by atoms with Crippen LogP contribution in [-0.2, 0) is 29.0 Å². The maximum Gasteiger partial charge on any atom is 0.224 e. The van der Waals surface area contributed by atoms with Crippen LogP contribution in [0.1, 0.15) is 41.9 Å². The molecule has 0 saturated carbocycles. The van der Waals surface area contributed by atoms with Gasteiger partial charge in [0, 0.05) is 42.0 Å². The number of nitrogens with zero attached hydrogens (tertiary/aromatic N) is 2. The minimum Gasteiger partial charge on any atom is -0.351 e. The molecule has 0 unspecified atom stereocenters. The molecule has 1 aliphatic rings. The van der Waals surface area contributed by atoms with Crippen molar-refractivity contribution in [2.75, 3.05) is 11.9 Å². The van der Waals surface area contributed by atoms with Crippen LogP contribution in [0.15, 0.2) is 24.3 Å². The average molecular weight is 511 g/mol. The number of nitrogens with one attached hydrogen (secondary N) is 3. The Morgan fingerprint density at radius 3 is 2.76 bits per heavy atom. The van der Waals surface area contributed by atoms with Crippen LogP contribution in [-0.4, -0.2) is 33.4 Å². The maximum atomic E-state index is 12.4. The van der Waals surface area contributed by atoms with Crippen molar-refractivity contribution in [3.05, 3.63) is 44.5 Å². The first kappa shape index (κ1) is 24.1. The van der Waals surface area contributed by atoms with E-state index in [-0.39, 0.29) is 31.2 Å². The molecule has 4 rings (SSSR count). The van der Waals surface area contributed by atoms with E-state index in [2.05, 4.69) is 37.4 Å². The Morgan fingerprint density at radius 2 is 2.00 bits per heavy atom. The molecule has 0 bridgehead atoms. The molecule has 0 spiro atoms. The molecule has 174 valence electrons. The largest absolute Gasteiger partial charge is 0.351 e. The van der Waals surface area contributed by atoms with Crippen LogP contribution >= 0.6 is 35.8 Å². The van der Waals surface area contributed by atoms with Crippen molar-refractivity contribution in [3.63, 3.8) is 0 Å². The van der Waals surface area contributed by atoms with E-state index in [9.17, 15) is 9.59 Å². The summed E-state index contributed by atoms with van der Waals surface area (Å²) in [5, 5.41) is 13.9. The molecule has 2 amide bonds. The highest BCUT2D eigenvalue weighted by Gasteiger charge is 2.23. The fraction of sp³-hybridized carbons (Fsp3) is 0.333. The fourth-order valence-electron chi connectivity index (χ4n) is 4.12. The Labute approximate surface area is 212 Å². The van der Waals surface area contributed by atoms with Gasteiger partial charge >= 0.3 is 0 Å². The predicted molar refractivity (Wildman–Crippen MR) is 139 cm³/mol. The second-order valence-corrected chi connectivity index (χ2v) is 10.2. The van der Waals surface area contributed by atoms with Gasteiger partial charge in [0.05, 0.1) is 11.4 Å². The number of carbonyl (C=O) groups excluding carboxylic acids is 2. The lowest BCUT2D eigenvalue weighted by atomic mass is 9.94. The van der Waals surface area contributed by atoms with Crippen LogP contribution in [0.2, 0.25) is 0 Å². The molecule has 0 fully saturated rings. The zero-order valence-corrected chi connectivity index (χ0v) is 20.9. The van der Waals surface area contributed by atoms with Crippen molar-refractivity contribution in [1.82, 2.24) is 15.5 Å². The van der Waals surface area contributed by atoms with Crippen LogP contribution in [0, 0.1) is 16.3 Å². The van der Waals surface area contributed by atoms with E-state index in [1.165, 1.54) is 35.4 Å². The van der Waals surface area contributed by atoms with Gasteiger partial charge in [-0.3, -0.25) is 14.7 Å². The zero-order valence-electron chi connectivity index (χ0n) is 18.5. The number of rotatable bonds is 8. The van der Waals surface area contributed by atoms with Gasteiger partial charge in [0.2, 0.25) is 23.9 Å². The Balaban J connectivity index is 1.35. The third-order valence-electron chi connectivity index (χ3n) is 5.69. The number of amides is 2. The molecule has 0 saturated heterocycles. The van der Waals surface area contributed by atoms with E-state index < -0.39 is 0 Å². The first-order valence-corrected chi connectivity index (χ1v) is 12.6. The summed E-state index contributed by atoms with van der Waals surface area (Å²) in [7, 11) is 0. The quantitative estimate of drug-likeness (QED) is 0.187. The summed E-state index contributed by atoms with van der Waals surface area (Å²) in [5.74, 6) is 2.29. The molecule has 1 aromatic carbocycles. The molecular formula is C24H24N5O2S3+. The number of H-pyrrole nitrogens is 1. The van der Waals surface area contributed by atoms with Crippen molar-refractivity contribution in [3.8, 4) is 12.3 Å². The molecule has 0 atom stereocenters. The maximum absolute atomic E-state index is 12.4. The predicted octanol–water partition coefficient (Wildman–Crippen LogP) is 3.41. The molecule has 1 aliphatic carbocycles. The van der Waals surface area contributed by atoms with Crippen LogP contribution in [0.5, 0.6) is 0 Å². The monoisotopic (exact) mass is 510 g/mol. The van der Waals surface area contributed by atoms with E-state index in [0.717, 1.165) is 23.7 Å². The SMILES string of the molecule is C#CC[n+]1c2c(cc3cc(NC(=O)CCC(=O)NCC(=S)c4n[nH]c(=S)s4)ccc31)CCCC2. The summed E-state index contributed by atoms with van der Waals surface area (Å²) < 4.78 is 2.74. The molecule has 0 radical (unpaired) electrons. The van der Waals surface area contributed by atoms with E-state index in [1.807, 2.05) is 18.2 Å². The first-order chi connectivity index (χ1) is 16.4. The topological polar surface area (TPSA) is 90.8 Å². The van der Waals surface area contributed by atoms with Crippen LogP contribution < -0.4 is 15.2 Å². The van der Waals surface area contributed by atoms with Crippen LogP contribution in [0.25, 0.3) is 10.9 Å². The van der Waals surface area contributed by atoms with E-state index in [1.54, 1.807) is 0 Å². The second-order valence-electron chi connectivity index (χ2n) is 8.05.